The Bertz CT molecular complexity index is 832. The zero-order valence-corrected chi connectivity index (χ0v) is 18.0. The molecule has 1 unspecified atom stereocenters. The molecule has 1 saturated heterocycles. The maximum absolute atomic E-state index is 6.07. The van der Waals surface area contributed by atoms with Gasteiger partial charge < -0.3 is 4.57 Å². The number of rotatable bonds is 4. The molecule has 2 saturated carbocycles. The highest BCUT2D eigenvalue weighted by molar-refractivity contribution is 6.30. The van der Waals surface area contributed by atoms with E-state index in [9.17, 15) is 0 Å². The molecular weight excluding hydrogens is 366 g/mol. The quantitative estimate of drug-likeness (QED) is 0.714. The molecule has 2 heterocycles. The first-order chi connectivity index (χ1) is 13.6. The molecule has 2 bridgehead atoms. The molecule has 2 aromatic rings. The minimum Gasteiger partial charge on any atom is -0.318 e. The molecule has 28 heavy (non-hydrogen) atoms. The summed E-state index contributed by atoms with van der Waals surface area (Å²) in [4.78, 5) is 5.47. The maximum atomic E-state index is 6.07. The van der Waals surface area contributed by atoms with Crippen LogP contribution in [0.4, 0.5) is 0 Å². The Morgan fingerprint density at radius 2 is 1.71 bits per heavy atom. The lowest BCUT2D eigenvalue weighted by Gasteiger charge is -2.41. The molecule has 5 rings (SSSR count). The first-order valence-corrected chi connectivity index (χ1v) is 11.4. The van der Waals surface area contributed by atoms with Crippen molar-refractivity contribution in [1.82, 2.24) is 14.4 Å². The molecule has 1 aliphatic heterocycles. The van der Waals surface area contributed by atoms with Gasteiger partial charge in [0.15, 0.2) is 0 Å². The molecule has 3 aliphatic rings. The highest BCUT2D eigenvalue weighted by Gasteiger charge is 2.42. The molecule has 0 spiro atoms. The van der Waals surface area contributed by atoms with Gasteiger partial charge in [-0.25, -0.2) is 0 Å². The predicted molar refractivity (Wildman–Crippen MR) is 116 cm³/mol. The van der Waals surface area contributed by atoms with Gasteiger partial charge in [-0.05, 0) is 80.8 Å². The van der Waals surface area contributed by atoms with E-state index < -0.39 is 0 Å². The number of fused-ring (bicyclic) bond motifs is 2. The summed E-state index contributed by atoms with van der Waals surface area (Å²) < 4.78 is 2.36. The second-order valence-electron chi connectivity index (χ2n) is 9.26. The van der Waals surface area contributed by atoms with Crippen LogP contribution < -0.4 is 0 Å². The summed E-state index contributed by atoms with van der Waals surface area (Å²) in [6.45, 7) is 10.4. The molecule has 0 N–H and O–H groups in total. The smallest absolute Gasteiger partial charge is 0.0456 e. The molecule has 3 atom stereocenters. The Hall–Kier alpha value is -1.29. The Morgan fingerprint density at radius 3 is 2.36 bits per heavy atom. The SMILES string of the molecule is Cc1cc(CN2CCN(C3C[C@@H]4CC[C@H]3C4)CC2)c(C)n1-c1ccc(Cl)cc1. The Kier molecular flexibility index (Phi) is 5.02. The molecule has 150 valence electrons. The third kappa shape index (κ3) is 3.42. The van der Waals surface area contributed by atoms with Crippen LogP contribution >= 0.6 is 11.6 Å². The van der Waals surface area contributed by atoms with Gasteiger partial charge in [-0.3, -0.25) is 9.80 Å². The Morgan fingerprint density at radius 1 is 0.964 bits per heavy atom. The van der Waals surface area contributed by atoms with Crippen LogP contribution in [0.25, 0.3) is 5.69 Å². The van der Waals surface area contributed by atoms with Crippen molar-refractivity contribution in [1.29, 1.82) is 0 Å². The van der Waals surface area contributed by atoms with Crippen molar-refractivity contribution in [3.05, 3.63) is 52.3 Å². The average Bonchev–Trinajstić information content (AvgIpc) is 3.39. The number of nitrogens with zero attached hydrogens (tertiary/aromatic N) is 3. The predicted octanol–water partition coefficient (Wildman–Crippen LogP) is 5.05. The second-order valence-corrected chi connectivity index (χ2v) is 9.70. The van der Waals surface area contributed by atoms with Gasteiger partial charge in [0, 0.05) is 60.9 Å². The van der Waals surface area contributed by atoms with Crippen LogP contribution in [0.1, 0.15) is 42.6 Å². The largest absolute Gasteiger partial charge is 0.318 e. The number of benzene rings is 1. The number of piperazine rings is 1. The van der Waals surface area contributed by atoms with Crippen molar-refractivity contribution in [2.24, 2.45) is 11.8 Å². The fraction of sp³-hybridized carbons (Fsp3) is 0.583. The molecule has 4 heteroatoms. The van der Waals surface area contributed by atoms with Crippen molar-refractivity contribution >= 4 is 11.6 Å². The van der Waals surface area contributed by atoms with E-state index in [1.165, 1.54) is 74.5 Å². The Labute approximate surface area is 174 Å². The molecule has 1 aromatic heterocycles. The van der Waals surface area contributed by atoms with Crippen LogP contribution in [0.3, 0.4) is 0 Å². The summed E-state index contributed by atoms with van der Waals surface area (Å²) in [5.41, 5.74) is 5.32. The standard InChI is InChI=1S/C24H32ClN3/c1-17-13-21(18(2)28(17)23-7-5-22(25)6-8-23)16-26-9-11-27(12-10-26)24-15-19-3-4-20(24)14-19/h5-8,13,19-20,24H,3-4,9-12,14-16H2,1-2H3/t19-,20+,24?/m1/s1. The van der Waals surface area contributed by atoms with Crippen LogP contribution in [-0.4, -0.2) is 46.6 Å². The van der Waals surface area contributed by atoms with Gasteiger partial charge >= 0.3 is 0 Å². The van der Waals surface area contributed by atoms with E-state index in [0.29, 0.717) is 0 Å². The number of halogens is 1. The van der Waals surface area contributed by atoms with Crippen LogP contribution in [0.5, 0.6) is 0 Å². The fourth-order valence-corrected chi connectivity index (χ4v) is 6.26. The zero-order valence-electron chi connectivity index (χ0n) is 17.2. The average molecular weight is 398 g/mol. The van der Waals surface area contributed by atoms with E-state index in [1.807, 2.05) is 12.1 Å². The minimum atomic E-state index is 0.791. The van der Waals surface area contributed by atoms with Crippen molar-refractivity contribution < 1.29 is 0 Å². The molecule has 3 fully saturated rings. The minimum absolute atomic E-state index is 0.791. The summed E-state index contributed by atoms with van der Waals surface area (Å²) in [7, 11) is 0. The van der Waals surface area contributed by atoms with Gasteiger partial charge in [-0.15, -0.1) is 0 Å². The van der Waals surface area contributed by atoms with Crippen LogP contribution in [0.2, 0.25) is 5.02 Å². The van der Waals surface area contributed by atoms with Crippen molar-refractivity contribution in [2.45, 2.75) is 52.1 Å². The lowest BCUT2D eigenvalue weighted by atomic mass is 9.93. The van der Waals surface area contributed by atoms with Crippen molar-refractivity contribution in [3.63, 3.8) is 0 Å². The van der Waals surface area contributed by atoms with Gasteiger partial charge in [0.2, 0.25) is 0 Å². The van der Waals surface area contributed by atoms with Crippen LogP contribution in [0.15, 0.2) is 30.3 Å². The first kappa shape index (κ1) is 18.7. The van der Waals surface area contributed by atoms with E-state index in [1.54, 1.807) is 0 Å². The van der Waals surface area contributed by atoms with Gasteiger partial charge in [0.25, 0.3) is 0 Å². The van der Waals surface area contributed by atoms with E-state index >= 15 is 0 Å². The fourth-order valence-electron chi connectivity index (χ4n) is 6.13. The summed E-state index contributed by atoms with van der Waals surface area (Å²) >= 11 is 6.07. The second kappa shape index (κ2) is 7.51. The van der Waals surface area contributed by atoms with Gasteiger partial charge in [-0.1, -0.05) is 18.0 Å². The lowest BCUT2D eigenvalue weighted by Crippen LogP contribution is -2.51. The van der Waals surface area contributed by atoms with Gasteiger partial charge in [0.05, 0.1) is 0 Å². The normalized spacial score (nSPS) is 28.3. The molecule has 3 nitrogen and oxygen atoms in total. The third-order valence-corrected chi connectivity index (χ3v) is 7.84. The zero-order chi connectivity index (χ0) is 19.3. The molecule has 2 aliphatic carbocycles. The highest BCUT2D eigenvalue weighted by atomic mass is 35.5. The number of hydrogen-bond donors (Lipinski definition) is 0. The molecule has 0 amide bonds. The summed E-state index contributed by atoms with van der Waals surface area (Å²) in [5.74, 6) is 2.06. The number of aromatic nitrogens is 1. The molecular formula is C24H32ClN3. The molecule has 1 aromatic carbocycles. The van der Waals surface area contributed by atoms with E-state index in [0.717, 1.165) is 29.4 Å². The van der Waals surface area contributed by atoms with Crippen molar-refractivity contribution in [2.75, 3.05) is 26.2 Å². The number of hydrogen-bond acceptors (Lipinski definition) is 2. The summed E-state index contributed by atoms with van der Waals surface area (Å²) in [5, 5.41) is 0.791. The number of aryl methyl sites for hydroxylation is 1. The first-order valence-electron chi connectivity index (χ1n) is 11.0. The van der Waals surface area contributed by atoms with Crippen molar-refractivity contribution in [3.8, 4) is 5.69 Å². The summed E-state index contributed by atoms with van der Waals surface area (Å²) in [6.07, 6.45) is 5.99. The van der Waals surface area contributed by atoms with E-state index in [-0.39, 0.29) is 0 Å². The third-order valence-electron chi connectivity index (χ3n) is 7.59. The van der Waals surface area contributed by atoms with Crippen LogP contribution in [0, 0.1) is 25.7 Å². The monoisotopic (exact) mass is 397 g/mol. The van der Waals surface area contributed by atoms with E-state index in [2.05, 4.69) is 46.4 Å². The summed E-state index contributed by atoms with van der Waals surface area (Å²) in [6, 6.07) is 11.4. The van der Waals surface area contributed by atoms with Gasteiger partial charge in [0.1, 0.15) is 0 Å². The Balaban J connectivity index is 1.24. The topological polar surface area (TPSA) is 11.4 Å². The van der Waals surface area contributed by atoms with Gasteiger partial charge in [-0.2, -0.15) is 0 Å². The molecule has 0 radical (unpaired) electrons. The lowest BCUT2D eigenvalue weighted by molar-refractivity contribution is 0.0679. The highest BCUT2D eigenvalue weighted by Crippen LogP contribution is 2.46. The maximum Gasteiger partial charge on any atom is 0.0456 e. The van der Waals surface area contributed by atoms with Crippen LogP contribution in [-0.2, 0) is 6.54 Å². The van der Waals surface area contributed by atoms with E-state index in [4.69, 9.17) is 11.6 Å².